The summed E-state index contributed by atoms with van der Waals surface area (Å²) in [5.74, 6) is 0. The molecule has 1 fully saturated rings. The second kappa shape index (κ2) is 1.64. The van der Waals surface area contributed by atoms with Crippen LogP contribution in [-0.2, 0) is 4.74 Å². The van der Waals surface area contributed by atoms with Crippen molar-refractivity contribution < 1.29 is 9.84 Å². The number of aliphatic hydroxyl groups excluding tert-OH is 1. The standard InChI is InChI=1S/C5H8O2/c1-2-4-5(3-6)7-4/h2,4-6H,1,3H2/t4-,5+/m0/s1. The molecule has 1 aliphatic rings. The lowest BCUT2D eigenvalue weighted by Crippen LogP contribution is -1.94. The van der Waals surface area contributed by atoms with Crippen molar-refractivity contribution in [2.75, 3.05) is 6.61 Å². The molecule has 0 unspecified atom stereocenters. The quantitative estimate of drug-likeness (QED) is 0.389. The molecule has 7 heavy (non-hydrogen) atoms. The maximum absolute atomic E-state index is 8.33. The number of hydrogen-bond acceptors (Lipinski definition) is 2. The monoisotopic (exact) mass is 100 g/mol. The highest BCUT2D eigenvalue weighted by atomic mass is 16.6. The third kappa shape index (κ3) is 0.813. The predicted molar refractivity (Wildman–Crippen MR) is 25.9 cm³/mol. The Bertz CT molecular complexity index is 80.1. The Morgan fingerprint density at radius 1 is 1.86 bits per heavy atom. The van der Waals surface area contributed by atoms with Crippen LogP contribution in [0.25, 0.3) is 0 Å². The molecule has 0 radical (unpaired) electrons. The van der Waals surface area contributed by atoms with E-state index in [1.807, 2.05) is 0 Å². The molecule has 1 saturated heterocycles. The molecule has 0 amide bonds. The zero-order valence-electron chi connectivity index (χ0n) is 4.00. The molecule has 2 nitrogen and oxygen atoms in total. The van der Waals surface area contributed by atoms with Crippen molar-refractivity contribution >= 4 is 0 Å². The Morgan fingerprint density at radius 2 is 2.57 bits per heavy atom. The van der Waals surface area contributed by atoms with Gasteiger partial charge in [-0.2, -0.15) is 0 Å². The first-order valence-corrected chi connectivity index (χ1v) is 2.27. The first-order valence-electron chi connectivity index (χ1n) is 2.27. The van der Waals surface area contributed by atoms with Gasteiger partial charge in [0.25, 0.3) is 0 Å². The highest BCUT2D eigenvalue weighted by Crippen LogP contribution is 2.20. The van der Waals surface area contributed by atoms with Crippen LogP contribution in [0, 0.1) is 0 Å². The molecule has 0 aliphatic carbocycles. The average Bonchev–Trinajstić information content (AvgIpc) is 2.43. The second-order valence-corrected chi connectivity index (χ2v) is 1.56. The first kappa shape index (κ1) is 4.81. The third-order valence-electron chi connectivity index (χ3n) is 1.03. The van der Waals surface area contributed by atoms with E-state index in [0.717, 1.165) is 0 Å². The highest BCUT2D eigenvalue weighted by Gasteiger charge is 2.34. The van der Waals surface area contributed by atoms with Gasteiger partial charge in [0.15, 0.2) is 0 Å². The highest BCUT2D eigenvalue weighted by molar-refractivity contribution is 4.97. The van der Waals surface area contributed by atoms with E-state index in [-0.39, 0.29) is 18.8 Å². The van der Waals surface area contributed by atoms with Gasteiger partial charge in [-0.1, -0.05) is 6.08 Å². The van der Waals surface area contributed by atoms with Gasteiger partial charge in [0.1, 0.15) is 12.2 Å². The summed E-state index contributed by atoms with van der Waals surface area (Å²) in [6.07, 6.45) is 1.88. The minimum atomic E-state index is 0.0532. The van der Waals surface area contributed by atoms with Gasteiger partial charge in [-0.05, 0) is 0 Å². The topological polar surface area (TPSA) is 32.8 Å². The molecule has 0 aromatic carbocycles. The van der Waals surface area contributed by atoms with Crippen molar-refractivity contribution in [3.8, 4) is 0 Å². The molecule has 2 heteroatoms. The number of hydrogen-bond donors (Lipinski definition) is 1. The lowest BCUT2D eigenvalue weighted by atomic mass is 10.3. The van der Waals surface area contributed by atoms with Gasteiger partial charge in [-0.15, -0.1) is 6.58 Å². The second-order valence-electron chi connectivity index (χ2n) is 1.56. The van der Waals surface area contributed by atoms with Crippen molar-refractivity contribution in [2.45, 2.75) is 12.2 Å². The van der Waals surface area contributed by atoms with Gasteiger partial charge in [0.05, 0.1) is 6.61 Å². The first-order chi connectivity index (χ1) is 3.38. The molecule has 1 heterocycles. The molecule has 0 aromatic heterocycles. The van der Waals surface area contributed by atoms with Crippen LogP contribution in [0.3, 0.4) is 0 Å². The van der Waals surface area contributed by atoms with E-state index >= 15 is 0 Å². The molecule has 0 saturated carbocycles. The number of rotatable bonds is 2. The van der Waals surface area contributed by atoms with Crippen molar-refractivity contribution in [1.29, 1.82) is 0 Å². The Labute approximate surface area is 42.4 Å². The van der Waals surface area contributed by atoms with Crippen LogP contribution in [0.15, 0.2) is 12.7 Å². The summed E-state index contributed by atoms with van der Waals surface area (Å²) in [6.45, 7) is 3.61. The van der Waals surface area contributed by atoms with Crippen LogP contribution in [0.4, 0.5) is 0 Å². The minimum Gasteiger partial charge on any atom is -0.394 e. The van der Waals surface area contributed by atoms with Crippen molar-refractivity contribution in [2.24, 2.45) is 0 Å². The maximum Gasteiger partial charge on any atom is 0.111 e. The molecule has 0 bridgehead atoms. The minimum absolute atomic E-state index is 0.0532. The number of epoxide rings is 1. The molecule has 2 atom stereocenters. The summed E-state index contributed by atoms with van der Waals surface area (Å²) < 4.78 is 4.85. The number of ether oxygens (including phenoxy) is 1. The Balaban J connectivity index is 2.17. The van der Waals surface area contributed by atoms with Crippen LogP contribution < -0.4 is 0 Å². The van der Waals surface area contributed by atoms with E-state index in [0.29, 0.717) is 0 Å². The summed E-state index contributed by atoms with van der Waals surface area (Å²) in [4.78, 5) is 0. The molecule has 40 valence electrons. The Kier molecular flexibility index (Phi) is 1.13. The van der Waals surface area contributed by atoms with Crippen LogP contribution in [0.1, 0.15) is 0 Å². The normalized spacial score (nSPS) is 37.9. The van der Waals surface area contributed by atoms with Crippen molar-refractivity contribution in [3.05, 3.63) is 12.7 Å². The summed E-state index contributed by atoms with van der Waals surface area (Å²) in [6, 6.07) is 0. The van der Waals surface area contributed by atoms with E-state index in [9.17, 15) is 0 Å². The fourth-order valence-corrected chi connectivity index (χ4v) is 0.511. The zero-order chi connectivity index (χ0) is 5.28. The fourth-order valence-electron chi connectivity index (χ4n) is 0.511. The van der Waals surface area contributed by atoms with Gasteiger partial charge < -0.3 is 9.84 Å². The summed E-state index contributed by atoms with van der Waals surface area (Å²) in [7, 11) is 0. The Hall–Kier alpha value is -0.340. The average molecular weight is 100 g/mol. The molecular weight excluding hydrogens is 92.1 g/mol. The molecule has 1 N–H and O–H groups in total. The van der Waals surface area contributed by atoms with Crippen LogP contribution in [-0.4, -0.2) is 23.9 Å². The summed E-state index contributed by atoms with van der Waals surface area (Å²) in [5.41, 5.74) is 0. The lowest BCUT2D eigenvalue weighted by molar-refractivity contribution is 0.243. The molecule has 0 aromatic rings. The van der Waals surface area contributed by atoms with Crippen LogP contribution in [0.2, 0.25) is 0 Å². The number of aliphatic hydroxyl groups is 1. The van der Waals surface area contributed by atoms with Crippen molar-refractivity contribution in [3.63, 3.8) is 0 Å². The van der Waals surface area contributed by atoms with Gasteiger partial charge >= 0.3 is 0 Å². The third-order valence-corrected chi connectivity index (χ3v) is 1.03. The van der Waals surface area contributed by atoms with E-state index in [4.69, 9.17) is 9.84 Å². The molecular formula is C5H8O2. The molecule has 0 spiro atoms. The summed E-state index contributed by atoms with van der Waals surface area (Å²) >= 11 is 0. The summed E-state index contributed by atoms with van der Waals surface area (Å²) in [5, 5.41) is 8.33. The predicted octanol–water partition coefficient (Wildman–Crippen LogP) is -0.0679. The van der Waals surface area contributed by atoms with Crippen LogP contribution in [0.5, 0.6) is 0 Å². The Morgan fingerprint density at radius 3 is 2.71 bits per heavy atom. The smallest absolute Gasteiger partial charge is 0.111 e. The fraction of sp³-hybridized carbons (Fsp3) is 0.600. The van der Waals surface area contributed by atoms with Gasteiger partial charge in [0, 0.05) is 0 Å². The van der Waals surface area contributed by atoms with Crippen LogP contribution >= 0.6 is 0 Å². The molecule has 1 rings (SSSR count). The van der Waals surface area contributed by atoms with E-state index in [2.05, 4.69) is 6.58 Å². The van der Waals surface area contributed by atoms with Crippen molar-refractivity contribution in [1.82, 2.24) is 0 Å². The largest absolute Gasteiger partial charge is 0.394 e. The SMILES string of the molecule is C=C[C@@H]1O[C@@H]1CO. The van der Waals surface area contributed by atoms with Gasteiger partial charge in [0.2, 0.25) is 0 Å². The lowest BCUT2D eigenvalue weighted by Gasteiger charge is -1.74. The maximum atomic E-state index is 8.33. The van der Waals surface area contributed by atoms with Gasteiger partial charge in [-0.3, -0.25) is 0 Å². The zero-order valence-corrected chi connectivity index (χ0v) is 4.00. The van der Waals surface area contributed by atoms with E-state index in [1.54, 1.807) is 6.08 Å². The van der Waals surface area contributed by atoms with E-state index in [1.165, 1.54) is 0 Å². The van der Waals surface area contributed by atoms with Gasteiger partial charge in [-0.25, -0.2) is 0 Å². The molecule has 1 aliphatic heterocycles. The van der Waals surface area contributed by atoms with E-state index < -0.39 is 0 Å².